The Hall–Kier alpha value is -3.34. The maximum atomic E-state index is 12.9. The number of carboxylic acid groups (broad SMARTS) is 1. The number of halogens is 3. The van der Waals surface area contributed by atoms with E-state index in [-0.39, 0.29) is 5.56 Å². The van der Waals surface area contributed by atoms with Gasteiger partial charge in [-0.2, -0.15) is 18.4 Å². The summed E-state index contributed by atoms with van der Waals surface area (Å²) in [6.45, 7) is 0. The van der Waals surface area contributed by atoms with Gasteiger partial charge >= 0.3 is 12.1 Å². The van der Waals surface area contributed by atoms with Crippen molar-refractivity contribution in [1.82, 2.24) is 9.38 Å². The predicted molar refractivity (Wildman–Crippen MR) is 89.1 cm³/mol. The van der Waals surface area contributed by atoms with Crippen molar-refractivity contribution in [1.29, 1.82) is 5.26 Å². The summed E-state index contributed by atoms with van der Waals surface area (Å²) in [4.78, 5) is 15.0. The molecule has 0 atom stereocenters. The van der Waals surface area contributed by atoms with E-state index >= 15 is 0 Å². The van der Waals surface area contributed by atoms with E-state index in [1.165, 1.54) is 12.3 Å². The molecule has 3 heterocycles. The standard InChI is InChI=1S/C19H12F3N3O2/c20-19(21,22)15-7-11(3-6-24-15)12-1-2-14-16(18(10-23)4-5-18)13(17(26)27)9-25(14)8-12/h1-3,6-9H,4-5H2,(H,26,27). The molecular weight excluding hydrogens is 359 g/mol. The maximum Gasteiger partial charge on any atom is 0.433 e. The van der Waals surface area contributed by atoms with E-state index in [1.807, 2.05) is 0 Å². The second kappa shape index (κ2) is 5.58. The van der Waals surface area contributed by atoms with Crippen molar-refractivity contribution in [3.8, 4) is 17.2 Å². The smallest absolute Gasteiger partial charge is 0.433 e. The summed E-state index contributed by atoms with van der Waals surface area (Å²) < 4.78 is 40.2. The lowest BCUT2D eigenvalue weighted by Gasteiger charge is -2.10. The first-order valence-corrected chi connectivity index (χ1v) is 8.08. The highest BCUT2D eigenvalue weighted by atomic mass is 19.4. The van der Waals surface area contributed by atoms with Crippen LogP contribution in [0, 0.1) is 11.3 Å². The minimum atomic E-state index is -4.55. The molecule has 0 radical (unpaired) electrons. The number of hydrogen-bond donors (Lipinski definition) is 1. The number of fused-ring (bicyclic) bond motifs is 1. The molecule has 0 spiro atoms. The van der Waals surface area contributed by atoms with Crippen molar-refractivity contribution < 1.29 is 23.1 Å². The van der Waals surface area contributed by atoms with Gasteiger partial charge in [-0.25, -0.2) is 4.79 Å². The predicted octanol–water partition coefficient (Wildman–Crippen LogP) is 4.27. The summed E-state index contributed by atoms with van der Waals surface area (Å²) in [5.41, 5.74) is 0.0702. The minimum Gasteiger partial charge on any atom is -0.478 e. The highest BCUT2D eigenvalue weighted by Crippen LogP contribution is 2.51. The van der Waals surface area contributed by atoms with Gasteiger partial charge in [0, 0.05) is 24.2 Å². The highest BCUT2D eigenvalue weighted by molar-refractivity contribution is 5.94. The minimum absolute atomic E-state index is 0.0388. The number of pyridine rings is 2. The Balaban J connectivity index is 1.88. The van der Waals surface area contributed by atoms with Gasteiger partial charge in [0.2, 0.25) is 0 Å². The van der Waals surface area contributed by atoms with Gasteiger partial charge in [-0.3, -0.25) is 4.98 Å². The van der Waals surface area contributed by atoms with Crippen LogP contribution in [0.2, 0.25) is 0 Å². The fraction of sp³-hybridized carbons (Fsp3) is 0.211. The molecule has 8 heteroatoms. The third kappa shape index (κ3) is 2.72. The molecule has 1 aliphatic carbocycles. The topological polar surface area (TPSA) is 78.4 Å². The second-order valence-electron chi connectivity index (χ2n) is 6.55. The molecule has 27 heavy (non-hydrogen) atoms. The zero-order chi connectivity index (χ0) is 19.4. The van der Waals surface area contributed by atoms with Crippen molar-refractivity contribution in [2.45, 2.75) is 24.4 Å². The second-order valence-corrected chi connectivity index (χ2v) is 6.55. The molecule has 0 bridgehead atoms. The van der Waals surface area contributed by atoms with Gasteiger partial charge in [-0.15, -0.1) is 0 Å². The van der Waals surface area contributed by atoms with Crippen molar-refractivity contribution >= 4 is 11.5 Å². The van der Waals surface area contributed by atoms with Crippen molar-refractivity contribution in [3.63, 3.8) is 0 Å². The van der Waals surface area contributed by atoms with Crippen LogP contribution in [0.3, 0.4) is 0 Å². The SMILES string of the molecule is N#CC1(c2c(C(=O)O)cn3cc(-c4ccnc(C(F)(F)F)c4)ccc23)CC1. The van der Waals surface area contributed by atoms with Crippen LogP contribution < -0.4 is 0 Å². The Morgan fingerprint density at radius 3 is 2.56 bits per heavy atom. The van der Waals surface area contributed by atoms with Crippen LogP contribution in [0.4, 0.5) is 13.2 Å². The normalized spacial score (nSPS) is 15.5. The lowest BCUT2D eigenvalue weighted by molar-refractivity contribution is -0.141. The van der Waals surface area contributed by atoms with Crippen molar-refractivity contribution in [3.05, 3.63) is 59.7 Å². The molecule has 136 valence electrons. The van der Waals surface area contributed by atoms with Crippen molar-refractivity contribution in [2.24, 2.45) is 0 Å². The summed E-state index contributed by atoms with van der Waals surface area (Å²) in [7, 11) is 0. The Labute approximate surface area is 151 Å². The van der Waals surface area contributed by atoms with E-state index < -0.39 is 23.3 Å². The molecule has 5 nitrogen and oxygen atoms in total. The largest absolute Gasteiger partial charge is 0.478 e. The first kappa shape index (κ1) is 17.1. The molecule has 0 amide bonds. The summed E-state index contributed by atoms with van der Waals surface area (Å²) >= 11 is 0. The number of carboxylic acids is 1. The van der Waals surface area contributed by atoms with E-state index in [2.05, 4.69) is 11.1 Å². The fourth-order valence-electron chi connectivity index (χ4n) is 3.32. The molecule has 0 aromatic carbocycles. The Morgan fingerprint density at radius 2 is 1.96 bits per heavy atom. The van der Waals surface area contributed by atoms with Crippen LogP contribution in [0.5, 0.6) is 0 Å². The third-order valence-electron chi connectivity index (χ3n) is 4.83. The molecule has 1 N–H and O–H groups in total. The van der Waals surface area contributed by atoms with Crippen LogP contribution in [0.1, 0.15) is 34.5 Å². The van der Waals surface area contributed by atoms with E-state index in [0.717, 1.165) is 12.3 Å². The van der Waals surface area contributed by atoms with Crippen LogP contribution in [0.25, 0.3) is 16.6 Å². The molecule has 0 saturated heterocycles. The molecule has 4 rings (SSSR count). The number of carbonyl (C=O) groups is 1. The van der Waals surface area contributed by atoms with E-state index in [9.17, 15) is 28.3 Å². The van der Waals surface area contributed by atoms with Gasteiger partial charge in [0.15, 0.2) is 0 Å². The number of rotatable bonds is 3. The highest BCUT2D eigenvalue weighted by Gasteiger charge is 2.49. The van der Waals surface area contributed by atoms with E-state index in [4.69, 9.17) is 0 Å². The third-order valence-corrected chi connectivity index (χ3v) is 4.83. The summed E-state index contributed by atoms with van der Waals surface area (Å²) in [5, 5.41) is 19.0. The molecule has 1 saturated carbocycles. The van der Waals surface area contributed by atoms with Gasteiger partial charge in [0.25, 0.3) is 0 Å². The van der Waals surface area contributed by atoms with Gasteiger partial charge in [-0.05, 0) is 42.2 Å². The number of aromatic carboxylic acids is 1. The zero-order valence-corrected chi connectivity index (χ0v) is 13.8. The molecular formula is C19H12F3N3O2. The number of aromatic nitrogens is 2. The average Bonchev–Trinajstić information content (AvgIpc) is 3.33. The zero-order valence-electron chi connectivity index (χ0n) is 13.8. The van der Waals surface area contributed by atoms with Crippen LogP contribution in [0.15, 0.2) is 42.9 Å². The van der Waals surface area contributed by atoms with E-state index in [1.54, 1.807) is 22.7 Å². The molecule has 0 unspecified atom stereocenters. The molecule has 1 aliphatic rings. The summed E-state index contributed by atoms with van der Waals surface area (Å²) in [6, 6.07) is 7.86. The monoisotopic (exact) mass is 371 g/mol. The molecule has 1 fully saturated rings. The van der Waals surface area contributed by atoms with Crippen LogP contribution in [-0.4, -0.2) is 20.5 Å². The number of alkyl halides is 3. The lowest BCUT2D eigenvalue weighted by Crippen LogP contribution is -2.08. The first-order valence-electron chi connectivity index (χ1n) is 8.08. The van der Waals surface area contributed by atoms with Crippen LogP contribution >= 0.6 is 0 Å². The molecule has 3 aromatic heterocycles. The summed E-state index contributed by atoms with van der Waals surface area (Å²) in [5.74, 6) is -1.14. The maximum absolute atomic E-state index is 12.9. The first-order chi connectivity index (χ1) is 12.7. The Morgan fingerprint density at radius 1 is 1.22 bits per heavy atom. The molecule has 3 aromatic rings. The van der Waals surface area contributed by atoms with Crippen molar-refractivity contribution in [2.75, 3.05) is 0 Å². The fourth-order valence-corrected chi connectivity index (χ4v) is 3.32. The van der Waals surface area contributed by atoms with Gasteiger partial charge in [0.05, 0.1) is 22.6 Å². The van der Waals surface area contributed by atoms with Gasteiger partial charge in [-0.1, -0.05) is 6.07 Å². The van der Waals surface area contributed by atoms with Gasteiger partial charge in [0.1, 0.15) is 5.69 Å². The Bertz CT molecular complexity index is 1120. The van der Waals surface area contributed by atoms with E-state index in [0.29, 0.717) is 35.0 Å². The quantitative estimate of drug-likeness (QED) is 0.746. The summed E-state index contributed by atoms with van der Waals surface area (Å²) in [6.07, 6.45) is 0.673. The average molecular weight is 371 g/mol. The number of nitriles is 1. The lowest BCUT2D eigenvalue weighted by atomic mass is 9.94. The van der Waals surface area contributed by atoms with Gasteiger partial charge < -0.3 is 9.51 Å². The van der Waals surface area contributed by atoms with Crippen LogP contribution in [-0.2, 0) is 11.6 Å². The number of hydrogen-bond acceptors (Lipinski definition) is 3. The Kier molecular flexibility index (Phi) is 3.53. The number of nitrogens with zero attached hydrogens (tertiary/aromatic N) is 3. The molecule has 0 aliphatic heterocycles.